The van der Waals surface area contributed by atoms with Crippen molar-refractivity contribution >= 4 is 23.0 Å². The second-order valence-corrected chi connectivity index (χ2v) is 6.11. The summed E-state index contributed by atoms with van der Waals surface area (Å²) < 4.78 is 20.6. The molecule has 1 aromatic heterocycles. The minimum Gasteiger partial charge on any atom is -0.378 e. The molecule has 1 N–H and O–H groups in total. The summed E-state index contributed by atoms with van der Waals surface area (Å²) in [5, 5.41) is 2.75. The molecule has 4 rings (SSSR count). The monoisotopic (exact) mass is 332 g/mol. The van der Waals surface area contributed by atoms with E-state index in [9.17, 15) is 14.0 Å². The number of rotatable bonds is 3. The highest BCUT2D eigenvalue weighted by Gasteiger charge is 2.53. The van der Waals surface area contributed by atoms with Gasteiger partial charge in [-0.2, -0.15) is 0 Å². The summed E-state index contributed by atoms with van der Waals surface area (Å²) in [4.78, 5) is 30.5. The van der Waals surface area contributed by atoms with Gasteiger partial charge in [-0.1, -0.05) is 0 Å². The van der Waals surface area contributed by atoms with Crippen LogP contribution in [-0.4, -0.2) is 45.1 Å². The van der Waals surface area contributed by atoms with Crippen molar-refractivity contribution in [2.75, 3.05) is 13.2 Å². The van der Waals surface area contributed by atoms with Gasteiger partial charge in [0, 0.05) is 25.6 Å². The second-order valence-electron chi connectivity index (χ2n) is 6.11. The van der Waals surface area contributed by atoms with Gasteiger partial charge in [0.2, 0.25) is 0 Å². The molecule has 126 valence electrons. The molecule has 7 nitrogen and oxygen atoms in total. The highest BCUT2D eigenvalue weighted by molar-refractivity contribution is 6.07. The lowest BCUT2D eigenvalue weighted by molar-refractivity contribution is -0.131. The largest absolute Gasteiger partial charge is 0.378 e. The van der Waals surface area contributed by atoms with Crippen molar-refractivity contribution in [2.24, 2.45) is 0 Å². The summed E-state index contributed by atoms with van der Waals surface area (Å²) in [7, 11) is 0. The van der Waals surface area contributed by atoms with E-state index >= 15 is 0 Å². The fraction of sp³-hybridized carbons (Fsp3) is 0.438. The molecule has 2 aromatic rings. The minimum absolute atomic E-state index is 0.0521. The first-order chi connectivity index (χ1) is 11.5. The number of carbonyl (C=O) groups is 2. The molecule has 0 bridgehead atoms. The van der Waals surface area contributed by atoms with Crippen LogP contribution in [-0.2, 0) is 22.6 Å². The molecule has 0 radical (unpaired) electrons. The lowest BCUT2D eigenvalue weighted by Crippen LogP contribution is -2.47. The third-order valence-corrected chi connectivity index (χ3v) is 4.67. The smallest absolute Gasteiger partial charge is 0.325 e. The molecule has 1 spiro atoms. The number of nitrogens with zero attached hydrogens (tertiary/aromatic N) is 3. The Morgan fingerprint density at radius 2 is 2.25 bits per heavy atom. The fourth-order valence-corrected chi connectivity index (χ4v) is 3.42. The zero-order chi connectivity index (χ0) is 16.9. The number of halogens is 1. The quantitative estimate of drug-likeness (QED) is 0.862. The predicted octanol–water partition coefficient (Wildman–Crippen LogP) is 1.41. The Kier molecular flexibility index (Phi) is 3.31. The minimum atomic E-state index is -0.938. The normalized spacial score (nSPS) is 23.7. The van der Waals surface area contributed by atoms with Crippen LogP contribution in [0.2, 0.25) is 0 Å². The van der Waals surface area contributed by atoms with Gasteiger partial charge in [-0.3, -0.25) is 9.69 Å². The molecule has 2 aliphatic rings. The molecule has 24 heavy (non-hydrogen) atoms. The number of hydrogen-bond acceptors (Lipinski definition) is 4. The zero-order valence-electron chi connectivity index (χ0n) is 13.2. The maximum absolute atomic E-state index is 13.4. The summed E-state index contributed by atoms with van der Waals surface area (Å²) >= 11 is 0. The first kappa shape index (κ1) is 15.1. The standard InChI is InChI=1S/C16H17FN4O3/c1-2-20-12-4-3-10(17)7-11(12)18-13(20)8-21-14(22)16(19-15(21)23)5-6-24-9-16/h3-4,7H,2,5-6,8-9H2,1H3,(H,19,23). The molecule has 3 heterocycles. The molecule has 0 aliphatic carbocycles. The van der Waals surface area contributed by atoms with E-state index in [4.69, 9.17) is 4.74 Å². The van der Waals surface area contributed by atoms with Crippen LogP contribution >= 0.6 is 0 Å². The Labute approximate surface area is 137 Å². The van der Waals surface area contributed by atoms with E-state index in [-0.39, 0.29) is 24.9 Å². The molecular weight excluding hydrogens is 315 g/mol. The number of hydrogen-bond donors (Lipinski definition) is 1. The number of benzene rings is 1. The lowest BCUT2D eigenvalue weighted by Gasteiger charge is -2.18. The first-order valence-electron chi connectivity index (χ1n) is 7.90. The van der Waals surface area contributed by atoms with Crippen molar-refractivity contribution in [3.8, 4) is 0 Å². The van der Waals surface area contributed by atoms with Crippen LogP contribution < -0.4 is 5.32 Å². The molecule has 2 aliphatic heterocycles. The van der Waals surface area contributed by atoms with Gasteiger partial charge in [0.1, 0.15) is 17.2 Å². The lowest BCUT2D eigenvalue weighted by atomic mass is 9.99. The summed E-state index contributed by atoms with van der Waals surface area (Å²) in [6.07, 6.45) is 0.476. The SMILES string of the molecule is CCn1c(CN2C(=O)NC3(CCOC3)C2=O)nc2cc(F)ccc21. The van der Waals surface area contributed by atoms with E-state index in [2.05, 4.69) is 10.3 Å². The summed E-state index contributed by atoms with van der Waals surface area (Å²) in [5.74, 6) is -0.102. The zero-order valence-corrected chi connectivity index (χ0v) is 13.2. The molecule has 1 atom stereocenters. The molecule has 1 unspecified atom stereocenters. The average molecular weight is 332 g/mol. The van der Waals surface area contributed by atoms with Gasteiger partial charge in [0.25, 0.3) is 5.91 Å². The second kappa shape index (κ2) is 5.27. The third-order valence-electron chi connectivity index (χ3n) is 4.67. The summed E-state index contributed by atoms with van der Waals surface area (Å²) in [6, 6.07) is 3.94. The van der Waals surface area contributed by atoms with Crippen LogP contribution in [0.3, 0.4) is 0 Å². The van der Waals surface area contributed by atoms with Gasteiger partial charge in [-0.05, 0) is 19.1 Å². The van der Waals surface area contributed by atoms with Crippen LogP contribution in [0.1, 0.15) is 19.2 Å². The van der Waals surface area contributed by atoms with Gasteiger partial charge in [-0.25, -0.2) is 14.2 Å². The van der Waals surface area contributed by atoms with Crippen molar-refractivity contribution in [3.63, 3.8) is 0 Å². The van der Waals surface area contributed by atoms with E-state index in [1.165, 1.54) is 17.0 Å². The van der Waals surface area contributed by atoms with Crippen molar-refractivity contribution < 1.29 is 18.7 Å². The van der Waals surface area contributed by atoms with Crippen LogP contribution in [0, 0.1) is 5.82 Å². The van der Waals surface area contributed by atoms with Crippen molar-refractivity contribution in [3.05, 3.63) is 29.8 Å². The van der Waals surface area contributed by atoms with E-state index in [1.807, 2.05) is 11.5 Å². The van der Waals surface area contributed by atoms with Gasteiger partial charge < -0.3 is 14.6 Å². The average Bonchev–Trinajstić information content (AvgIpc) is 3.21. The number of aromatic nitrogens is 2. The van der Waals surface area contributed by atoms with Crippen LogP contribution in [0.5, 0.6) is 0 Å². The Morgan fingerprint density at radius 3 is 2.96 bits per heavy atom. The third kappa shape index (κ3) is 2.10. The van der Waals surface area contributed by atoms with Crippen molar-refractivity contribution in [1.29, 1.82) is 0 Å². The van der Waals surface area contributed by atoms with Gasteiger partial charge in [0.05, 0.1) is 24.2 Å². The molecule has 2 saturated heterocycles. The van der Waals surface area contributed by atoms with Gasteiger partial charge in [-0.15, -0.1) is 0 Å². The molecule has 2 fully saturated rings. The van der Waals surface area contributed by atoms with E-state index in [0.29, 0.717) is 30.9 Å². The number of urea groups is 1. The summed E-state index contributed by atoms with van der Waals surface area (Å²) in [5.41, 5.74) is 0.351. The maximum atomic E-state index is 13.4. The number of imide groups is 1. The van der Waals surface area contributed by atoms with Crippen LogP contribution in [0.25, 0.3) is 11.0 Å². The Bertz CT molecular complexity index is 841. The van der Waals surface area contributed by atoms with E-state index in [1.54, 1.807) is 6.07 Å². The van der Waals surface area contributed by atoms with Crippen molar-refractivity contribution in [2.45, 2.75) is 32.0 Å². The molecule has 1 aromatic carbocycles. The Morgan fingerprint density at radius 1 is 1.42 bits per heavy atom. The number of ether oxygens (including phenoxy) is 1. The molecular formula is C16H17FN4O3. The number of amides is 3. The van der Waals surface area contributed by atoms with Crippen molar-refractivity contribution in [1.82, 2.24) is 19.8 Å². The number of nitrogens with one attached hydrogen (secondary N) is 1. The molecule has 3 amide bonds. The number of imidazole rings is 1. The first-order valence-corrected chi connectivity index (χ1v) is 7.90. The highest BCUT2D eigenvalue weighted by Crippen LogP contribution is 2.28. The van der Waals surface area contributed by atoms with E-state index < -0.39 is 11.6 Å². The summed E-state index contributed by atoms with van der Waals surface area (Å²) in [6.45, 7) is 3.24. The maximum Gasteiger partial charge on any atom is 0.325 e. The van der Waals surface area contributed by atoms with Gasteiger partial charge in [0.15, 0.2) is 0 Å². The Balaban J connectivity index is 1.69. The van der Waals surface area contributed by atoms with Gasteiger partial charge >= 0.3 is 6.03 Å². The van der Waals surface area contributed by atoms with Crippen LogP contribution in [0.15, 0.2) is 18.2 Å². The predicted molar refractivity (Wildman–Crippen MR) is 82.6 cm³/mol. The number of carbonyl (C=O) groups excluding carboxylic acids is 2. The number of fused-ring (bicyclic) bond motifs is 1. The molecule has 8 heteroatoms. The number of aryl methyl sites for hydroxylation is 1. The highest BCUT2D eigenvalue weighted by atomic mass is 19.1. The Hall–Kier alpha value is -2.48. The molecule has 0 saturated carbocycles. The fourth-order valence-electron chi connectivity index (χ4n) is 3.42. The van der Waals surface area contributed by atoms with Crippen LogP contribution in [0.4, 0.5) is 9.18 Å². The van der Waals surface area contributed by atoms with E-state index in [0.717, 1.165) is 5.52 Å². The topological polar surface area (TPSA) is 76.5 Å².